The van der Waals surface area contributed by atoms with Gasteiger partial charge >= 0.3 is 0 Å². The molecule has 6 heteroatoms. The van der Waals surface area contributed by atoms with Crippen molar-refractivity contribution in [3.8, 4) is 0 Å². The van der Waals surface area contributed by atoms with Crippen molar-refractivity contribution in [3.05, 3.63) is 46.6 Å². The zero-order chi connectivity index (χ0) is 14.0. The Hall–Kier alpha value is -1.82. The van der Waals surface area contributed by atoms with E-state index in [0.717, 1.165) is 11.5 Å². The lowest BCUT2D eigenvalue weighted by Gasteiger charge is -2.03. The fraction of sp³-hybridized carbons (Fsp3) is 0.231. The van der Waals surface area contributed by atoms with Crippen molar-refractivity contribution in [3.63, 3.8) is 0 Å². The summed E-state index contributed by atoms with van der Waals surface area (Å²) in [5, 5.41) is 7.78. The summed E-state index contributed by atoms with van der Waals surface area (Å²) in [5.74, 6) is 0.677. The largest absolute Gasteiger partial charge is 0.437 e. The molecule has 2 rings (SSSR count). The number of nitrogen functional groups attached to an aromatic ring is 1. The predicted molar refractivity (Wildman–Crippen MR) is 73.0 cm³/mol. The Morgan fingerprint density at radius 1 is 1.47 bits per heavy atom. The molecule has 0 fully saturated rings. The van der Waals surface area contributed by atoms with E-state index in [-0.39, 0.29) is 11.7 Å². The summed E-state index contributed by atoms with van der Waals surface area (Å²) in [6.45, 7) is 3.71. The average Bonchev–Trinajstić information content (AvgIpc) is 2.67. The molecule has 1 aromatic carbocycles. The number of hydrogen-bond donors (Lipinski definition) is 2. The van der Waals surface area contributed by atoms with Gasteiger partial charge in [-0.1, -0.05) is 23.9 Å². The number of aromatic nitrogens is 1. The van der Waals surface area contributed by atoms with Crippen LogP contribution in [0.1, 0.15) is 22.6 Å². The normalized spacial score (nSPS) is 10.7. The zero-order valence-electron chi connectivity index (χ0n) is 10.7. The highest BCUT2D eigenvalue weighted by molar-refractivity contribution is 7.98. The molecule has 0 aliphatic rings. The minimum atomic E-state index is -0.375. The van der Waals surface area contributed by atoms with E-state index < -0.39 is 0 Å². The zero-order valence-corrected chi connectivity index (χ0v) is 11.5. The molecule has 2 aromatic rings. The number of halogens is 1. The van der Waals surface area contributed by atoms with Gasteiger partial charge in [0.05, 0.1) is 5.69 Å². The molecule has 100 valence electrons. The summed E-state index contributed by atoms with van der Waals surface area (Å²) in [6.07, 6.45) is 0. The van der Waals surface area contributed by atoms with Gasteiger partial charge in [-0.15, -0.1) is 0 Å². The number of aryl methyl sites for hydroxylation is 2. The molecule has 4 nitrogen and oxygen atoms in total. The molecular weight excluding hydrogens is 265 g/mol. The molecule has 0 bridgehead atoms. The van der Waals surface area contributed by atoms with Gasteiger partial charge in [0.25, 0.3) is 5.22 Å². The topological polar surface area (TPSA) is 75.9 Å². The smallest absolute Gasteiger partial charge is 0.256 e. The number of nitrogens with two attached hydrogens (primary N) is 1. The van der Waals surface area contributed by atoms with Crippen LogP contribution in [0, 0.1) is 25.1 Å². The molecule has 0 amide bonds. The fourth-order valence-corrected chi connectivity index (χ4v) is 2.37. The fourth-order valence-electron chi connectivity index (χ4n) is 1.48. The molecule has 3 N–H and O–H groups in total. The maximum absolute atomic E-state index is 13.8. The molecular formula is C13H14FN3OS. The average molecular weight is 279 g/mol. The van der Waals surface area contributed by atoms with E-state index in [0.29, 0.717) is 22.1 Å². The second kappa shape index (κ2) is 5.44. The predicted octanol–water partition coefficient (Wildman–Crippen LogP) is 3.01. The Labute approximate surface area is 114 Å². The highest BCUT2D eigenvalue weighted by Crippen LogP contribution is 2.25. The van der Waals surface area contributed by atoms with Crippen molar-refractivity contribution < 1.29 is 8.81 Å². The van der Waals surface area contributed by atoms with Gasteiger partial charge in [0.2, 0.25) is 0 Å². The molecule has 1 heterocycles. The van der Waals surface area contributed by atoms with E-state index in [2.05, 4.69) is 4.98 Å². The molecule has 0 aliphatic heterocycles. The molecule has 0 spiro atoms. The third-order valence-electron chi connectivity index (χ3n) is 2.72. The number of oxazole rings is 1. The minimum absolute atomic E-state index is 0.142. The summed E-state index contributed by atoms with van der Waals surface area (Å²) in [5.41, 5.74) is 7.06. The van der Waals surface area contributed by atoms with E-state index in [1.165, 1.54) is 17.8 Å². The van der Waals surface area contributed by atoms with E-state index in [9.17, 15) is 4.39 Å². The van der Waals surface area contributed by atoms with Gasteiger partial charge < -0.3 is 10.2 Å². The lowest BCUT2D eigenvalue weighted by Crippen LogP contribution is -2.11. The summed E-state index contributed by atoms with van der Waals surface area (Å²) < 4.78 is 19.2. The summed E-state index contributed by atoms with van der Waals surface area (Å²) in [7, 11) is 0. The Balaban J connectivity index is 2.09. The molecule has 0 unspecified atom stereocenters. The maximum Gasteiger partial charge on any atom is 0.256 e. The summed E-state index contributed by atoms with van der Waals surface area (Å²) in [4.78, 5) is 4.22. The lowest BCUT2D eigenvalue weighted by atomic mass is 10.1. The van der Waals surface area contributed by atoms with Crippen molar-refractivity contribution in [2.24, 2.45) is 5.73 Å². The van der Waals surface area contributed by atoms with Crippen LogP contribution in [0.4, 0.5) is 4.39 Å². The first-order valence-corrected chi connectivity index (χ1v) is 6.65. The summed E-state index contributed by atoms with van der Waals surface area (Å²) >= 11 is 1.33. The van der Waals surface area contributed by atoms with Crippen molar-refractivity contribution in [1.82, 2.24) is 4.98 Å². The van der Waals surface area contributed by atoms with Crippen LogP contribution in [0.3, 0.4) is 0 Å². The van der Waals surface area contributed by atoms with Gasteiger partial charge in [-0.05, 0) is 25.5 Å². The Morgan fingerprint density at radius 3 is 2.74 bits per heavy atom. The molecule has 19 heavy (non-hydrogen) atoms. The Morgan fingerprint density at radius 2 is 2.21 bits per heavy atom. The van der Waals surface area contributed by atoms with Gasteiger partial charge in [0, 0.05) is 11.3 Å². The third kappa shape index (κ3) is 3.14. The molecule has 1 aromatic heterocycles. The Kier molecular flexibility index (Phi) is 3.90. The van der Waals surface area contributed by atoms with Crippen LogP contribution in [0.2, 0.25) is 0 Å². The van der Waals surface area contributed by atoms with Crippen LogP contribution in [0.15, 0.2) is 27.8 Å². The molecule has 0 saturated carbocycles. The SMILES string of the molecule is Cc1nc(SCc2ccc(C(=N)N)cc2F)oc1C. The standard InChI is InChI=1S/C13H14FN3OS/c1-7-8(2)18-13(17-7)19-6-10-4-3-9(12(15)16)5-11(10)14/h3-5H,6H2,1-2H3,(H3,15,16). The first kappa shape index (κ1) is 13.6. The first-order chi connectivity index (χ1) is 8.97. The number of benzene rings is 1. The van der Waals surface area contributed by atoms with Gasteiger partial charge in [-0.3, -0.25) is 5.41 Å². The minimum Gasteiger partial charge on any atom is -0.437 e. The summed E-state index contributed by atoms with van der Waals surface area (Å²) in [6, 6.07) is 4.53. The quantitative estimate of drug-likeness (QED) is 0.512. The van der Waals surface area contributed by atoms with E-state index in [4.69, 9.17) is 15.6 Å². The van der Waals surface area contributed by atoms with Crippen LogP contribution in [0.5, 0.6) is 0 Å². The third-order valence-corrected chi connectivity index (χ3v) is 3.60. The molecule has 0 atom stereocenters. The number of hydrogen-bond acceptors (Lipinski definition) is 4. The lowest BCUT2D eigenvalue weighted by molar-refractivity contribution is 0.431. The highest BCUT2D eigenvalue weighted by atomic mass is 32.2. The maximum atomic E-state index is 13.8. The van der Waals surface area contributed by atoms with Gasteiger partial charge in [0.15, 0.2) is 0 Å². The van der Waals surface area contributed by atoms with Crippen molar-refractivity contribution >= 4 is 17.6 Å². The van der Waals surface area contributed by atoms with E-state index in [1.54, 1.807) is 12.1 Å². The van der Waals surface area contributed by atoms with Gasteiger partial charge in [0.1, 0.15) is 17.4 Å². The molecule has 0 saturated heterocycles. The van der Waals surface area contributed by atoms with Crippen LogP contribution in [0.25, 0.3) is 0 Å². The second-order valence-electron chi connectivity index (χ2n) is 4.13. The van der Waals surface area contributed by atoms with Crippen molar-refractivity contribution in [2.75, 3.05) is 0 Å². The van der Waals surface area contributed by atoms with Crippen molar-refractivity contribution in [2.45, 2.75) is 24.8 Å². The number of rotatable bonds is 4. The van der Waals surface area contributed by atoms with Crippen LogP contribution in [-0.4, -0.2) is 10.8 Å². The van der Waals surface area contributed by atoms with Gasteiger partial charge in [-0.25, -0.2) is 9.37 Å². The number of amidine groups is 1. The number of thioether (sulfide) groups is 1. The molecule has 0 radical (unpaired) electrons. The van der Waals surface area contributed by atoms with E-state index in [1.807, 2.05) is 13.8 Å². The van der Waals surface area contributed by atoms with Crippen LogP contribution in [-0.2, 0) is 5.75 Å². The van der Waals surface area contributed by atoms with E-state index >= 15 is 0 Å². The van der Waals surface area contributed by atoms with Crippen molar-refractivity contribution in [1.29, 1.82) is 5.41 Å². The second-order valence-corrected chi connectivity index (χ2v) is 5.06. The number of nitrogens with zero attached hydrogens (tertiary/aromatic N) is 1. The first-order valence-electron chi connectivity index (χ1n) is 5.67. The monoisotopic (exact) mass is 279 g/mol. The molecule has 0 aliphatic carbocycles. The van der Waals surface area contributed by atoms with Crippen LogP contribution >= 0.6 is 11.8 Å². The highest BCUT2D eigenvalue weighted by Gasteiger charge is 2.09. The Bertz CT molecular complexity index is 605. The van der Waals surface area contributed by atoms with Crippen LogP contribution < -0.4 is 5.73 Å². The van der Waals surface area contributed by atoms with Gasteiger partial charge in [-0.2, -0.15) is 0 Å². The number of nitrogens with one attached hydrogen (secondary N) is 1.